The molecule has 19 heavy (non-hydrogen) atoms. The maximum atomic E-state index is 10.4. The van der Waals surface area contributed by atoms with Gasteiger partial charge in [0.05, 0.1) is 7.11 Å². The molecular formula is C14H20ClNO3. The Morgan fingerprint density at radius 3 is 2.79 bits per heavy atom. The Kier molecular flexibility index (Phi) is 6.67. The van der Waals surface area contributed by atoms with Crippen molar-refractivity contribution in [2.75, 3.05) is 20.7 Å². The number of unbranched alkanes of at least 4 members (excludes halogenated alkanes) is 1. The number of hydrogen-bond acceptors (Lipinski definition) is 3. The highest BCUT2D eigenvalue weighted by molar-refractivity contribution is 6.30. The fourth-order valence-corrected chi connectivity index (χ4v) is 2.09. The maximum absolute atomic E-state index is 10.4. The van der Waals surface area contributed by atoms with Crippen LogP contribution in [0.15, 0.2) is 18.2 Å². The van der Waals surface area contributed by atoms with Gasteiger partial charge in [0.2, 0.25) is 0 Å². The minimum atomic E-state index is -0.737. The second-order valence-electron chi connectivity index (χ2n) is 4.54. The third kappa shape index (κ3) is 5.94. The van der Waals surface area contributed by atoms with Gasteiger partial charge in [-0.1, -0.05) is 11.6 Å². The topological polar surface area (TPSA) is 49.8 Å². The molecule has 0 amide bonds. The van der Waals surface area contributed by atoms with Crippen LogP contribution in [-0.4, -0.2) is 36.7 Å². The minimum absolute atomic E-state index is 0.230. The molecule has 0 fully saturated rings. The van der Waals surface area contributed by atoms with Gasteiger partial charge < -0.3 is 14.7 Å². The van der Waals surface area contributed by atoms with E-state index in [0.717, 1.165) is 30.8 Å². The lowest BCUT2D eigenvalue weighted by Gasteiger charge is -2.18. The molecule has 0 saturated carbocycles. The number of ether oxygens (including phenoxy) is 1. The molecule has 1 N–H and O–H groups in total. The summed E-state index contributed by atoms with van der Waals surface area (Å²) < 4.78 is 5.30. The predicted octanol–water partition coefficient (Wildman–Crippen LogP) is 3.04. The summed E-state index contributed by atoms with van der Waals surface area (Å²) in [5.74, 6) is 0.0842. The van der Waals surface area contributed by atoms with Gasteiger partial charge in [-0.3, -0.25) is 4.79 Å². The molecule has 0 aliphatic rings. The second-order valence-corrected chi connectivity index (χ2v) is 4.98. The number of aliphatic carboxylic acids is 1. The molecule has 0 saturated heterocycles. The molecule has 0 spiro atoms. The number of carbonyl (C=O) groups is 1. The molecule has 0 unspecified atom stereocenters. The fraction of sp³-hybridized carbons (Fsp3) is 0.500. The van der Waals surface area contributed by atoms with Crippen molar-refractivity contribution in [3.63, 3.8) is 0 Å². The van der Waals surface area contributed by atoms with Crippen LogP contribution in [0.1, 0.15) is 24.8 Å². The van der Waals surface area contributed by atoms with E-state index in [9.17, 15) is 4.79 Å². The van der Waals surface area contributed by atoms with Gasteiger partial charge in [0, 0.05) is 23.6 Å². The number of halogens is 1. The fourth-order valence-electron chi connectivity index (χ4n) is 1.90. The van der Waals surface area contributed by atoms with Gasteiger partial charge in [-0.05, 0) is 44.6 Å². The van der Waals surface area contributed by atoms with Crippen molar-refractivity contribution in [3.8, 4) is 5.75 Å². The lowest BCUT2D eigenvalue weighted by molar-refractivity contribution is -0.137. The standard InChI is InChI=1S/C14H20ClNO3/c1-16(8-4-3-5-14(17)18)10-11-9-12(15)6-7-13(11)19-2/h6-7,9H,3-5,8,10H2,1-2H3,(H,17,18). The van der Waals surface area contributed by atoms with Crippen LogP contribution in [-0.2, 0) is 11.3 Å². The van der Waals surface area contributed by atoms with Crippen molar-refractivity contribution in [2.24, 2.45) is 0 Å². The number of nitrogens with zero attached hydrogens (tertiary/aromatic N) is 1. The van der Waals surface area contributed by atoms with Gasteiger partial charge in [-0.25, -0.2) is 0 Å². The highest BCUT2D eigenvalue weighted by Gasteiger charge is 2.07. The van der Waals surface area contributed by atoms with Gasteiger partial charge in [0.15, 0.2) is 0 Å². The monoisotopic (exact) mass is 285 g/mol. The van der Waals surface area contributed by atoms with E-state index in [0.29, 0.717) is 11.4 Å². The predicted molar refractivity (Wildman–Crippen MR) is 75.8 cm³/mol. The molecule has 5 heteroatoms. The molecule has 0 atom stereocenters. The Hall–Kier alpha value is -1.26. The molecule has 1 aromatic carbocycles. The highest BCUT2D eigenvalue weighted by atomic mass is 35.5. The Morgan fingerprint density at radius 1 is 1.42 bits per heavy atom. The van der Waals surface area contributed by atoms with Crippen LogP contribution in [0.3, 0.4) is 0 Å². The van der Waals surface area contributed by atoms with Crippen molar-refractivity contribution in [1.82, 2.24) is 4.90 Å². The smallest absolute Gasteiger partial charge is 0.303 e. The van der Waals surface area contributed by atoms with Gasteiger partial charge in [0.1, 0.15) is 5.75 Å². The lowest BCUT2D eigenvalue weighted by Crippen LogP contribution is -2.19. The molecule has 1 aromatic rings. The first-order valence-electron chi connectivity index (χ1n) is 6.25. The Labute approximate surface area is 118 Å². The third-order valence-corrected chi connectivity index (χ3v) is 3.10. The first-order valence-corrected chi connectivity index (χ1v) is 6.63. The van der Waals surface area contributed by atoms with E-state index >= 15 is 0 Å². The highest BCUT2D eigenvalue weighted by Crippen LogP contribution is 2.23. The summed E-state index contributed by atoms with van der Waals surface area (Å²) in [5, 5.41) is 9.26. The number of methoxy groups -OCH3 is 1. The average Bonchev–Trinajstić information content (AvgIpc) is 2.35. The van der Waals surface area contributed by atoms with Crippen molar-refractivity contribution in [1.29, 1.82) is 0 Å². The van der Waals surface area contributed by atoms with Crippen molar-refractivity contribution in [3.05, 3.63) is 28.8 Å². The van der Waals surface area contributed by atoms with Gasteiger partial charge in [0.25, 0.3) is 0 Å². The van der Waals surface area contributed by atoms with Gasteiger partial charge in [-0.15, -0.1) is 0 Å². The molecule has 0 bridgehead atoms. The summed E-state index contributed by atoms with van der Waals surface area (Å²) in [4.78, 5) is 12.5. The normalized spacial score (nSPS) is 10.7. The van der Waals surface area contributed by atoms with E-state index in [4.69, 9.17) is 21.4 Å². The lowest BCUT2D eigenvalue weighted by atomic mass is 10.1. The summed E-state index contributed by atoms with van der Waals surface area (Å²) in [6.07, 6.45) is 1.80. The van der Waals surface area contributed by atoms with Crippen LogP contribution in [0, 0.1) is 0 Å². The average molecular weight is 286 g/mol. The molecule has 0 aliphatic heterocycles. The maximum Gasteiger partial charge on any atom is 0.303 e. The Morgan fingerprint density at radius 2 is 2.16 bits per heavy atom. The molecule has 1 rings (SSSR count). The first-order chi connectivity index (χ1) is 9.02. The van der Waals surface area contributed by atoms with Crippen LogP contribution in [0.4, 0.5) is 0 Å². The summed E-state index contributed by atoms with van der Waals surface area (Å²) in [6, 6.07) is 5.56. The van der Waals surface area contributed by atoms with Gasteiger partial charge in [-0.2, -0.15) is 0 Å². The molecule has 106 valence electrons. The van der Waals surface area contributed by atoms with Crippen LogP contribution < -0.4 is 4.74 Å². The molecule has 0 radical (unpaired) electrons. The van der Waals surface area contributed by atoms with Crippen LogP contribution in [0.25, 0.3) is 0 Å². The number of carboxylic acid groups (broad SMARTS) is 1. The van der Waals surface area contributed by atoms with Crippen LogP contribution >= 0.6 is 11.6 Å². The van der Waals surface area contributed by atoms with E-state index < -0.39 is 5.97 Å². The number of carboxylic acids is 1. The Bertz CT molecular complexity index is 423. The summed E-state index contributed by atoms with van der Waals surface area (Å²) in [5.41, 5.74) is 1.04. The van der Waals surface area contributed by atoms with Crippen LogP contribution in [0.5, 0.6) is 5.75 Å². The zero-order valence-corrected chi connectivity index (χ0v) is 12.1. The molecule has 0 aromatic heterocycles. The number of hydrogen-bond donors (Lipinski definition) is 1. The van der Waals surface area contributed by atoms with E-state index in [2.05, 4.69) is 4.90 Å². The SMILES string of the molecule is COc1ccc(Cl)cc1CN(C)CCCCC(=O)O. The van der Waals surface area contributed by atoms with Crippen molar-refractivity contribution in [2.45, 2.75) is 25.8 Å². The van der Waals surface area contributed by atoms with E-state index in [1.54, 1.807) is 13.2 Å². The van der Waals surface area contributed by atoms with E-state index in [1.807, 2.05) is 19.2 Å². The second kappa shape index (κ2) is 8.02. The molecular weight excluding hydrogens is 266 g/mol. The summed E-state index contributed by atoms with van der Waals surface area (Å²) in [6.45, 7) is 1.58. The molecule has 0 aliphatic carbocycles. The van der Waals surface area contributed by atoms with E-state index in [-0.39, 0.29) is 6.42 Å². The third-order valence-electron chi connectivity index (χ3n) is 2.86. The summed E-state index contributed by atoms with van der Waals surface area (Å²) >= 11 is 5.98. The van der Waals surface area contributed by atoms with Gasteiger partial charge >= 0.3 is 5.97 Å². The molecule has 0 heterocycles. The first kappa shape index (κ1) is 15.8. The van der Waals surface area contributed by atoms with E-state index in [1.165, 1.54) is 0 Å². The quantitative estimate of drug-likeness (QED) is 0.746. The largest absolute Gasteiger partial charge is 0.496 e. The Balaban J connectivity index is 2.45. The number of rotatable bonds is 8. The van der Waals surface area contributed by atoms with Crippen LogP contribution in [0.2, 0.25) is 5.02 Å². The zero-order chi connectivity index (χ0) is 14.3. The number of benzene rings is 1. The van der Waals surface area contributed by atoms with Crippen molar-refractivity contribution < 1.29 is 14.6 Å². The van der Waals surface area contributed by atoms with Crippen molar-refractivity contribution >= 4 is 17.6 Å². The minimum Gasteiger partial charge on any atom is -0.496 e. The molecule has 4 nitrogen and oxygen atoms in total. The summed E-state index contributed by atoms with van der Waals surface area (Å²) in [7, 11) is 3.64. The zero-order valence-electron chi connectivity index (χ0n) is 11.4.